The van der Waals surface area contributed by atoms with E-state index in [2.05, 4.69) is 4.74 Å². The normalized spacial score (nSPS) is 11.7. The molecule has 0 aliphatic carbocycles. The predicted octanol–water partition coefficient (Wildman–Crippen LogP) is 3.51. The van der Waals surface area contributed by atoms with Gasteiger partial charge in [0.15, 0.2) is 5.78 Å². The number of alkyl halides is 5. The van der Waals surface area contributed by atoms with Gasteiger partial charge < -0.3 is 4.74 Å². The summed E-state index contributed by atoms with van der Waals surface area (Å²) >= 11 is 0. The van der Waals surface area contributed by atoms with E-state index in [1.165, 1.54) is 0 Å². The molecule has 1 rings (SSSR count). The molecule has 17 heavy (non-hydrogen) atoms. The Kier molecular flexibility index (Phi) is 3.69. The van der Waals surface area contributed by atoms with Crippen molar-refractivity contribution >= 4 is 5.78 Å². The molecule has 0 N–H and O–H groups in total. The number of halogens is 5. The second kappa shape index (κ2) is 4.68. The van der Waals surface area contributed by atoms with Gasteiger partial charge in [-0.2, -0.15) is 22.0 Å². The van der Waals surface area contributed by atoms with Crippen LogP contribution in [0.25, 0.3) is 0 Å². The van der Waals surface area contributed by atoms with E-state index in [1.807, 2.05) is 0 Å². The number of hydrogen-bond acceptors (Lipinski definition) is 2. The third-order valence-electron chi connectivity index (χ3n) is 1.90. The van der Waals surface area contributed by atoms with Crippen LogP contribution in [-0.2, 0) is 6.18 Å². The van der Waals surface area contributed by atoms with Crippen molar-refractivity contribution in [2.75, 3.05) is 0 Å². The fourth-order valence-corrected chi connectivity index (χ4v) is 1.24. The highest BCUT2D eigenvalue weighted by Gasteiger charge is 2.34. The maximum absolute atomic E-state index is 12.5. The molecule has 0 amide bonds. The van der Waals surface area contributed by atoms with Crippen molar-refractivity contribution in [1.82, 2.24) is 0 Å². The van der Waals surface area contributed by atoms with Crippen molar-refractivity contribution in [3.63, 3.8) is 0 Å². The number of ketones is 1. The van der Waals surface area contributed by atoms with E-state index in [0.717, 1.165) is 13.0 Å². The van der Waals surface area contributed by atoms with Crippen molar-refractivity contribution < 1.29 is 31.5 Å². The van der Waals surface area contributed by atoms with E-state index in [1.54, 1.807) is 0 Å². The zero-order chi connectivity index (χ0) is 13.2. The number of carbonyl (C=O) groups excluding carboxylic acids is 1. The first-order chi connectivity index (χ1) is 7.71. The highest BCUT2D eigenvalue weighted by atomic mass is 19.4. The van der Waals surface area contributed by atoms with Crippen LogP contribution in [-0.4, -0.2) is 12.4 Å². The van der Waals surface area contributed by atoms with Crippen LogP contribution in [0.3, 0.4) is 0 Å². The van der Waals surface area contributed by atoms with Gasteiger partial charge >= 0.3 is 12.8 Å². The Morgan fingerprint density at radius 3 is 2.29 bits per heavy atom. The summed E-state index contributed by atoms with van der Waals surface area (Å²) < 4.78 is 65.0. The SMILES string of the molecule is CC(=O)c1cc(OC(F)F)ccc1C(F)(F)F. The van der Waals surface area contributed by atoms with E-state index in [0.29, 0.717) is 12.1 Å². The molecular weight excluding hydrogens is 247 g/mol. The molecule has 0 radical (unpaired) electrons. The number of carbonyl (C=O) groups is 1. The third kappa shape index (κ3) is 3.40. The quantitative estimate of drug-likeness (QED) is 0.609. The van der Waals surface area contributed by atoms with E-state index >= 15 is 0 Å². The van der Waals surface area contributed by atoms with Gasteiger partial charge in [0, 0.05) is 5.56 Å². The van der Waals surface area contributed by atoms with Crippen molar-refractivity contribution in [2.45, 2.75) is 19.7 Å². The lowest BCUT2D eigenvalue weighted by Gasteiger charge is -2.12. The van der Waals surface area contributed by atoms with Crippen LogP contribution in [0.15, 0.2) is 18.2 Å². The number of rotatable bonds is 3. The summed E-state index contributed by atoms with van der Waals surface area (Å²) in [6, 6.07) is 1.92. The maximum Gasteiger partial charge on any atom is 0.417 e. The standard InChI is InChI=1S/C10H7F5O2/c1-5(16)7-4-6(17-9(11)12)2-3-8(7)10(13,14)15/h2-4,9H,1H3. The molecule has 2 nitrogen and oxygen atoms in total. The first-order valence-electron chi connectivity index (χ1n) is 4.39. The summed E-state index contributed by atoms with van der Waals surface area (Å²) in [6.45, 7) is -2.25. The molecule has 7 heteroatoms. The molecule has 0 saturated carbocycles. The average Bonchev–Trinajstić information content (AvgIpc) is 2.14. The van der Waals surface area contributed by atoms with Crippen LogP contribution in [0.4, 0.5) is 22.0 Å². The monoisotopic (exact) mass is 254 g/mol. The molecule has 0 bridgehead atoms. The predicted molar refractivity (Wildman–Crippen MR) is 48.1 cm³/mol. The van der Waals surface area contributed by atoms with Gasteiger partial charge in [0.25, 0.3) is 0 Å². The molecule has 1 aromatic carbocycles. The molecule has 0 aromatic heterocycles. The van der Waals surface area contributed by atoms with Crippen LogP contribution in [0.1, 0.15) is 22.8 Å². The van der Waals surface area contributed by atoms with Gasteiger partial charge in [-0.25, -0.2) is 0 Å². The molecule has 0 unspecified atom stereocenters. The van der Waals surface area contributed by atoms with Crippen molar-refractivity contribution in [2.24, 2.45) is 0 Å². The van der Waals surface area contributed by atoms with Gasteiger partial charge in [-0.1, -0.05) is 0 Å². The molecule has 0 atom stereocenters. The summed E-state index contributed by atoms with van der Waals surface area (Å²) in [5.74, 6) is -1.37. The van der Waals surface area contributed by atoms with Crippen LogP contribution in [0, 0.1) is 0 Å². The summed E-state index contributed by atoms with van der Waals surface area (Å²) in [4.78, 5) is 11.0. The van der Waals surface area contributed by atoms with E-state index in [4.69, 9.17) is 0 Å². The number of benzene rings is 1. The summed E-state index contributed by atoms with van der Waals surface area (Å²) in [5, 5.41) is 0. The lowest BCUT2D eigenvalue weighted by atomic mass is 10.0. The number of ether oxygens (including phenoxy) is 1. The molecule has 0 heterocycles. The fraction of sp³-hybridized carbons (Fsp3) is 0.300. The van der Waals surface area contributed by atoms with E-state index < -0.39 is 35.4 Å². The Morgan fingerprint density at radius 1 is 1.29 bits per heavy atom. The minimum Gasteiger partial charge on any atom is -0.435 e. The minimum atomic E-state index is -4.72. The first kappa shape index (κ1) is 13.4. The second-order valence-electron chi connectivity index (χ2n) is 3.14. The lowest BCUT2D eigenvalue weighted by Crippen LogP contribution is -2.12. The molecular formula is C10H7F5O2. The van der Waals surface area contributed by atoms with Crippen molar-refractivity contribution in [3.8, 4) is 5.75 Å². The van der Waals surface area contributed by atoms with Crippen molar-refractivity contribution in [3.05, 3.63) is 29.3 Å². The van der Waals surface area contributed by atoms with Crippen LogP contribution in [0.5, 0.6) is 5.75 Å². The van der Waals surface area contributed by atoms with E-state index in [9.17, 15) is 26.7 Å². The molecule has 0 aliphatic rings. The lowest BCUT2D eigenvalue weighted by molar-refractivity contribution is -0.137. The van der Waals surface area contributed by atoms with Gasteiger partial charge in [-0.3, -0.25) is 4.79 Å². The molecule has 0 fully saturated rings. The molecule has 0 aliphatic heterocycles. The molecule has 0 spiro atoms. The zero-order valence-electron chi connectivity index (χ0n) is 8.52. The summed E-state index contributed by atoms with van der Waals surface area (Å²) in [7, 11) is 0. The Bertz CT molecular complexity index is 425. The Balaban J connectivity index is 3.23. The number of hydrogen-bond donors (Lipinski definition) is 0. The average molecular weight is 254 g/mol. The topological polar surface area (TPSA) is 26.3 Å². The van der Waals surface area contributed by atoms with Crippen LogP contribution < -0.4 is 4.74 Å². The van der Waals surface area contributed by atoms with Gasteiger partial charge in [-0.05, 0) is 25.1 Å². The summed E-state index contributed by atoms with van der Waals surface area (Å²) in [6.07, 6.45) is -4.72. The molecule has 1 aromatic rings. The zero-order valence-corrected chi connectivity index (χ0v) is 8.52. The van der Waals surface area contributed by atoms with Gasteiger partial charge in [0.2, 0.25) is 0 Å². The van der Waals surface area contributed by atoms with Crippen LogP contribution >= 0.6 is 0 Å². The molecule has 94 valence electrons. The first-order valence-corrected chi connectivity index (χ1v) is 4.39. The summed E-state index contributed by atoms with van der Waals surface area (Å²) in [5.41, 5.74) is -1.87. The highest BCUT2D eigenvalue weighted by Crippen LogP contribution is 2.34. The van der Waals surface area contributed by atoms with Crippen LogP contribution in [0.2, 0.25) is 0 Å². The van der Waals surface area contributed by atoms with E-state index in [-0.39, 0.29) is 0 Å². The second-order valence-corrected chi connectivity index (χ2v) is 3.14. The Morgan fingerprint density at radius 2 is 1.88 bits per heavy atom. The van der Waals surface area contributed by atoms with Gasteiger partial charge in [0.05, 0.1) is 5.56 Å². The Hall–Kier alpha value is -1.66. The molecule has 0 saturated heterocycles. The van der Waals surface area contributed by atoms with Gasteiger partial charge in [-0.15, -0.1) is 0 Å². The van der Waals surface area contributed by atoms with Crippen molar-refractivity contribution in [1.29, 1.82) is 0 Å². The highest BCUT2D eigenvalue weighted by molar-refractivity contribution is 5.96. The Labute approximate surface area is 93.0 Å². The smallest absolute Gasteiger partial charge is 0.417 e. The maximum atomic E-state index is 12.5. The minimum absolute atomic E-state index is 0.488. The van der Waals surface area contributed by atoms with Gasteiger partial charge in [0.1, 0.15) is 5.75 Å². The fourth-order valence-electron chi connectivity index (χ4n) is 1.24. The third-order valence-corrected chi connectivity index (χ3v) is 1.90. The number of Topliss-reactive ketones (excluding diaryl/α,β-unsaturated/α-hetero) is 1. The largest absolute Gasteiger partial charge is 0.435 e.